The Morgan fingerprint density at radius 3 is 2.94 bits per heavy atom. The Morgan fingerprint density at radius 2 is 2.18 bits per heavy atom. The van der Waals surface area contributed by atoms with E-state index in [1.807, 2.05) is 13.0 Å². The standard InChI is InChI=1S/C13H14ClN3/c1-7-5-9-12(17-15)8-3-2-4-11(8)16-13(9)10(14)6-7/h5-6H,2-4,15H2,1H3,(H,16,17). The lowest BCUT2D eigenvalue weighted by Gasteiger charge is -2.13. The summed E-state index contributed by atoms with van der Waals surface area (Å²) in [6.45, 7) is 2.03. The number of halogens is 1. The van der Waals surface area contributed by atoms with Crippen LogP contribution < -0.4 is 11.3 Å². The van der Waals surface area contributed by atoms with Crippen molar-refractivity contribution in [3.8, 4) is 0 Å². The first-order valence-corrected chi connectivity index (χ1v) is 6.16. The van der Waals surface area contributed by atoms with Gasteiger partial charge < -0.3 is 5.43 Å². The second kappa shape index (κ2) is 3.86. The molecule has 0 atom stereocenters. The molecule has 1 heterocycles. The maximum Gasteiger partial charge on any atom is 0.0913 e. The fourth-order valence-electron chi connectivity index (χ4n) is 2.62. The van der Waals surface area contributed by atoms with Crippen molar-refractivity contribution < 1.29 is 0 Å². The van der Waals surface area contributed by atoms with Crippen LogP contribution in [0.2, 0.25) is 5.02 Å². The number of nitrogens with two attached hydrogens (primary N) is 1. The molecule has 0 spiro atoms. The number of fused-ring (bicyclic) bond motifs is 2. The van der Waals surface area contributed by atoms with Crippen molar-refractivity contribution in [2.45, 2.75) is 26.2 Å². The fraction of sp³-hybridized carbons (Fsp3) is 0.308. The van der Waals surface area contributed by atoms with Gasteiger partial charge in [0.25, 0.3) is 0 Å². The molecule has 0 radical (unpaired) electrons. The van der Waals surface area contributed by atoms with Gasteiger partial charge in [0.15, 0.2) is 0 Å². The van der Waals surface area contributed by atoms with E-state index < -0.39 is 0 Å². The van der Waals surface area contributed by atoms with Gasteiger partial charge in [-0.05, 0) is 49.4 Å². The van der Waals surface area contributed by atoms with E-state index in [2.05, 4.69) is 16.5 Å². The van der Waals surface area contributed by atoms with Crippen molar-refractivity contribution in [3.63, 3.8) is 0 Å². The highest BCUT2D eigenvalue weighted by molar-refractivity contribution is 6.35. The minimum absolute atomic E-state index is 0.700. The van der Waals surface area contributed by atoms with Gasteiger partial charge in [-0.1, -0.05) is 11.6 Å². The van der Waals surface area contributed by atoms with Crippen LogP contribution in [0, 0.1) is 6.92 Å². The molecule has 3 N–H and O–H groups in total. The van der Waals surface area contributed by atoms with Gasteiger partial charge in [-0.2, -0.15) is 0 Å². The van der Waals surface area contributed by atoms with Crippen LogP contribution in [0.5, 0.6) is 0 Å². The second-order valence-electron chi connectivity index (χ2n) is 4.55. The smallest absolute Gasteiger partial charge is 0.0913 e. The molecule has 0 aliphatic heterocycles. The molecule has 1 aromatic carbocycles. The topological polar surface area (TPSA) is 50.9 Å². The summed E-state index contributed by atoms with van der Waals surface area (Å²) in [5, 5.41) is 1.73. The van der Waals surface area contributed by atoms with E-state index >= 15 is 0 Å². The lowest BCUT2D eigenvalue weighted by Crippen LogP contribution is -2.11. The maximum absolute atomic E-state index is 6.26. The number of hydrogen-bond donors (Lipinski definition) is 2. The van der Waals surface area contributed by atoms with Crippen LogP contribution in [0.3, 0.4) is 0 Å². The average Bonchev–Trinajstić information content (AvgIpc) is 2.74. The monoisotopic (exact) mass is 247 g/mol. The van der Waals surface area contributed by atoms with Crippen molar-refractivity contribution in [1.29, 1.82) is 0 Å². The third kappa shape index (κ3) is 1.58. The Kier molecular flexibility index (Phi) is 2.45. The highest BCUT2D eigenvalue weighted by Crippen LogP contribution is 2.36. The van der Waals surface area contributed by atoms with Gasteiger partial charge >= 0.3 is 0 Å². The highest BCUT2D eigenvalue weighted by atomic mass is 35.5. The summed E-state index contributed by atoms with van der Waals surface area (Å²) >= 11 is 6.26. The number of nitrogens with one attached hydrogen (secondary N) is 1. The molecule has 88 valence electrons. The summed E-state index contributed by atoms with van der Waals surface area (Å²) in [5.74, 6) is 5.67. The quantitative estimate of drug-likeness (QED) is 0.602. The highest BCUT2D eigenvalue weighted by Gasteiger charge is 2.20. The molecule has 1 aromatic heterocycles. The molecule has 1 aliphatic rings. The zero-order valence-electron chi connectivity index (χ0n) is 9.68. The molecule has 0 fully saturated rings. The molecule has 3 rings (SSSR count). The Labute approximate surface area is 105 Å². The van der Waals surface area contributed by atoms with E-state index in [4.69, 9.17) is 17.4 Å². The van der Waals surface area contributed by atoms with Gasteiger partial charge in [-0.25, -0.2) is 0 Å². The Morgan fingerprint density at radius 1 is 1.35 bits per heavy atom. The van der Waals surface area contributed by atoms with Crippen molar-refractivity contribution in [2.75, 3.05) is 5.43 Å². The van der Waals surface area contributed by atoms with Gasteiger partial charge in [0, 0.05) is 11.1 Å². The third-order valence-electron chi connectivity index (χ3n) is 3.36. The van der Waals surface area contributed by atoms with Crippen molar-refractivity contribution in [2.24, 2.45) is 5.84 Å². The molecular formula is C13H14ClN3. The summed E-state index contributed by atoms with van der Waals surface area (Å²) in [7, 11) is 0. The first-order valence-electron chi connectivity index (χ1n) is 5.79. The Bertz CT molecular complexity index is 607. The number of hydrogen-bond acceptors (Lipinski definition) is 3. The molecule has 3 nitrogen and oxygen atoms in total. The van der Waals surface area contributed by atoms with Crippen LogP contribution in [0.25, 0.3) is 10.9 Å². The number of anilines is 1. The van der Waals surface area contributed by atoms with E-state index in [0.29, 0.717) is 5.02 Å². The van der Waals surface area contributed by atoms with Crippen LogP contribution in [-0.2, 0) is 12.8 Å². The predicted octanol–water partition coefficient (Wildman–Crippen LogP) is 2.97. The van der Waals surface area contributed by atoms with E-state index in [-0.39, 0.29) is 0 Å². The van der Waals surface area contributed by atoms with Gasteiger partial charge in [0.05, 0.1) is 16.2 Å². The first-order chi connectivity index (χ1) is 8.20. The van der Waals surface area contributed by atoms with Crippen LogP contribution in [-0.4, -0.2) is 4.98 Å². The Balaban J connectivity index is 2.45. The van der Waals surface area contributed by atoms with Gasteiger partial charge in [-0.15, -0.1) is 0 Å². The van der Waals surface area contributed by atoms with Crippen LogP contribution in [0.15, 0.2) is 12.1 Å². The number of nitrogens with zero attached hydrogens (tertiary/aromatic N) is 1. The summed E-state index contributed by atoms with van der Waals surface area (Å²) in [6, 6.07) is 4.03. The molecule has 0 amide bonds. The molecule has 1 aliphatic carbocycles. The molecule has 0 saturated carbocycles. The van der Waals surface area contributed by atoms with Crippen molar-refractivity contribution in [1.82, 2.24) is 4.98 Å². The lowest BCUT2D eigenvalue weighted by atomic mass is 10.1. The van der Waals surface area contributed by atoms with Gasteiger partial charge in [-0.3, -0.25) is 10.8 Å². The third-order valence-corrected chi connectivity index (χ3v) is 3.65. The van der Waals surface area contributed by atoms with E-state index in [9.17, 15) is 0 Å². The van der Waals surface area contributed by atoms with Crippen LogP contribution in [0.1, 0.15) is 23.2 Å². The van der Waals surface area contributed by atoms with Crippen LogP contribution in [0.4, 0.5) is 5.69 Å². The SMILES string of the molecule is Cc1cc(Cl)c2nc3c(c(NN)c2c1)CCC3. The largest absolute Gasteiger partial charge is 0.323 e. The van der Waals surface area contributed by atoms with E-state index in [1.54, 1.807) is 0 Å². The number of pyridine rings is 1. The molecule has 17 heavy (non-hydrogen) atoms. The molecule has 4 heteroatoms. The molecule has 0 saturated heterocycles. The fourth-order valence-corrected chi connectivity index (χ4v) is 2.94. The van der Waals surface area contributed by atoms with Crippen molar-refractivity contribution >= 4 is 28.2 Å². The lowest BCUT2D eigenvalue weighted by molar-refractivity contribution is 0.901. The predicted molar refractivity (Wildman–Crippen MR) is 71.3 cm³/mol. The minimum Gasteiger partial charge on any atom is -0.323 e. The second-order valence-corrected chi connectivity index (χ2v) is 4.96. The zero-order chi connectivity index (χ0) is 12.0. The van der Waals surface area contributed by atoms with E-state index in [0.717, 1.165) is 47.1 Å². The molecule has 2 aromatic rings. The first kappa shape index (κ1) is 10.8. The molecule has 0 bridgehead atoms. The van der Waals surface area contributed by atoms with Crippen molar-refractivity contribution in [3.05, 3.63) is 34.0 Å². The number of rotatable bonds is 1. The minimum atomic E-state index is 0.700. The summed E-state index contributed by atoms with van der Waals surface area (Å²) in [6.07, 6.45) is 3.21. The maximum atomic E-state index is 6.26. The number of aromatic nitrogens is 1. The number of nitrogen functional groups attached to an aromatic ring is 1. The number of benzene rings is 1. The van der Waals surface area contributed by atoms with E-state index in [1.165, 1.54) is 5.56 Å². The zero-order valence-corrected chi connectivity index (χ0v) is 10.4. The normalized spacial score (nSPS) is 14.1. The number of aryl methyl sites for hydroxylation is 2. The summed E-state index contributed by atoms with van der Waals surface area (Å²) in [4.78, 5) is 4.68. The van der Waals surface area contributed by atoms with Gasteiger partial charge in [0.2, 0.25) is 0 Å². The summed E-state index contributed by atoms with van der Waals surface area (Å²) in [5.41, 5.74) is 8.18. The molecule has 0 unspecified atom stereocenters. The summed E-state index contributed by atoms with van der Waals surface area (Å²) < 4.78 is 0. The van der Waals surface area contributed by atoms with Crippen LogP contribution >= 0.6 is 11.6 Å². The average molecular weight is 248 g/mol. The molecular weight excluding hydrogens is 234 g/mol. The Hall–Kier alpha value is -1.32. The van der Waals surface area contributed by atoms with Gasteiger partial charge in [0.1, 0.15) is 0 Å². The number of hydrazine groups is 1.